The van der Waals surface area contributed by atoms with E-state index in [1.807, 2.05) is 0 Å². The molecule has 0 bridgehead atoms. The maximum absolute atomic E-state index is 12.4. The van der Waals surface area contributed by atoms with Crippen molar-refractivity contribution in [2.75, 3.05) is 13.2 Å². The van der Waals surface area contributed by atoms with E-state index in [4.69, 9.17) is 9.47 Å². The van der Waals surface area contributed by atoms with Gasteiger partial charge in [-0.25, -0.2) is 0 Å². The third-order valence-corrected chi connectivity index (χ3v) is 16.8. The van der Waals surface area contributed by atoms with Crippen LogP contribution in [0.4, 0.5) is 0 Å². The molecule has 0 saturated carbocycles. The summed E-state index contributed by atoms with van der Waals surface area (Å²) >= 11 is 0. The summed E-state index contributed by atoms with van der Waals surface area (Å²) in [6.45, 7) is 4.17. The molecule has 1 N–H and O–H groups in total. The zero-order valence-corrected chi connectivity index (χ0v) is 55.3. The van der Waals surface area contributed by atoms with Crippen LogP contribution in [0.15, 0.2) is 60.8 Å². The normalized spacial score (nSPS) is 12.5. The summed E-state index contributed by atoms with van der Waals surface area (Å²) in [4.78, 5) is 24.7. The van der Waals surface area contributed by atoms with Gasteiger partial charge in [-0.15, -0.1) is 0 Å². The topological polar surface area (TPSA) is 72.8 Å². The summed E-state index contributed by atoms with van der Waals surface area (Å²) in [5.74, 6) is -0.569. The van der Waals surface area contributed by atoms with Gasteiger partial charge in [-0.1, -0.05) is 364 Å². The second kappa shape index (κ2) is 72.9. The lowest BCUT2D eigenvalue weighted by molar-refractivity contribution is -0.161. The zero-order chi connectivity index (χ0) is 59.1. The highest BCUT2D eigenvalue weighted by atomic mass is 16.6. The van der Waals surface area contributed by atoms with Gasteiger partial charge in [-0.3, -0.25) is 9.59 Å². The molecule has 5 heteroatoms. The van der Waals surface area contributed by atoms with Gasteiger partial charge in [-0.05, 0) is 83.5 Å². The van der Waals surface area contributed by atoms with Gasteiger partial charge < -0.3 is 14.6 Å². The van der Waals surface area contributed by atoms with Crippen molar-refractivity contribution in [2.45, 2.75) is 405 Å². The van der Waals surface area contributed by atoms with Crippen molar-refractivity contribution in [3.8, 4) is 0 Å². The van der Waals surface area contributed by atoms with Crippen LogP contribution in [0.3, 0.4) is 0 Å². The highest BCUT2D eigenvalue weighted by Gasteiger charge is 2.16. The minimum absolute atomic E-state index is 0.0613. The van der Waals surface area contributed by atoms with Gasteiger partial charge in [0.25, 0.3) is 0 Å². The summed E-state index contributed by atoms with van der Waals surface area (Å²) in [7, 11) is 0. The summed E-state index contributed by atoms with van der Waals surface area (Å²) in [5.41, 5.74) is 0. The van der Waals surface area contributed by atoms with Crippen molar-refractivity contribution in [1.29, 1.82) is 0 Å². The second-order valence-electron chi connectivity index (χ2n) is 25.0. The predicted octanol–water partition coefficient (Wildman–Crippen LogP) is 25.7. The van der Waals surface area contributed by atoms with Crippen LogP contribution in [0.2, 0.25) is 0 Å². The number of carbonyl (C=O) groups is 2. The molecule has 0 saturated heterocycles. The smallest absolute Gasteiger partial charge is 0.306 e. The molecule has 0 radical (unpaired) electrons. The van der Waals surface area contributed by atoms with Crippen molar-refractivity contribution in [3.63, 3.8) is 0 Å². The molecule has 0 heterocycles. The third-order valence-electron chi connectivity index (χ3n) is 16.8. The Bertz CT molecular complexity index is 1390. The van der Waals surface area contributed by atoms with Crippen LogP contribution in [0.5, 0.6) is 0 Å². The van der Waals surface area contributed by atoms with E-state index in [-0.39, 0.29) is 25.2 Å². The molecule has 82 heavy (non-hydrogen) atoms. The molecule has 0 fully saturated rings. The quantitative estimate of drug-likeness (QED) is 0.0373. The first-order valence-corrected chi connectivity index (χ1v) is 36.8. The minimum Gasteiger partial charge on any atom is -0.462 e. The largest absolute Gasteiger partial charge is 0.462 e. The van der Waals surface area contributed by atoms with Crippen molar-refractivity contribution >= 4 is 11.9 Å². The first-order valence-electron chi connectivity index (χ1n) is 36.8. The molecule has 0 spiro atoms. The van der Waals surface area contributed by atoms with E-state index >= 15 is 0 Å². The first-order chi connectivity index (χ1) is 40.6. The predicted molar refractivity (Wildman–Crippen MR) is 362 cm³/mol. The number of hydrogen-bond acceptors (Lipinski definition) is 5. The lowest BCUT2D eigenvalue weighted by Crippen LogP contribution is -2.28. The number of ether oxygens (including phenoxy) is 2. The maximum atomic E-state index is 12.4. The standard InChI is InChI=1S/C77H142O5/c1-3-5-7-9-11-13-15-17-19-21-23-25-27-29-31-32-33-34-35-36-37-38-39-40-41-42-43-44-46-48-50-52-54-56-58-60-62-64-66-68-70-72-77(80)82-75(73-78)74-81-76(79)71-69-67-65-63-61-59-57-55-53-51-49-47-45-30-28-26-24-22-20-18-16-14-12-10-8-6-4-2/h15-18,21-24,27,29,75,78H,3-14,19-20,25-26,28,30-74H2,1-2H3/b17-15-,18-16-,23-21-,24-22-,29-27-. The fraction of sp³-hybridized carbons (Fsp3) is 0.844. The van der Waals surface area contributed by atoms with Crippen LogP contribution >= 0.6 is 0 Å². The van der Waals surface area contributed by atoms with Gasteiger partial charge in [0.1, 0.15) is 6.61 Å². The number of unbranched alkanes of at least 4 members (excludes halogenated alkanes) is 51. The molecule has 0 aromatic heterocycles. The Kier molecular flexibility index (Phi) is 70.7. The summed E-state index contributed by atoms with van der Waals surface area (Å²) < 4.78 is 10.8. The average Bonchev–Trinajstić information content (AvgIpc) is 3.49. The van der Waals surface area contributed by atoms with Crippen LogP contribution in [0.25, 0.3) is 0 Å². The monoisotopic (exact) mass is 1150 g/mol. The number of rotatable bonds is 69. The lowest BCUT2D eigenvalue weighted by Gasteiger charge is -2.15. The van der Waals surface area contributed by atoms with E-state index in [0.29, 0.717) is 12.8 Å². The molecule has 1 unspecified atom stereocenters. The van der Waals surface area contributed by atoms with Gasteiger partial charge in [-0.2, -0.15) is 0 Å². The van der Waals surface area contributed by atoms with Gasteiger partial charge in [0.05, 0.1) is 6.61 Å². The molecule has 0 rings (SSSR count). The lowest BCUT2D eigenvalue weighted by atomic mass is 10.0. The van der Waals surface area contributed by atoms with E-state index in [1.54, 1.807) is 0 Å². The van der Waals surface area contributed by atoms with E-state index < -0.39 is 6.10 Å². The van der Waals surface area contributed by atoms with Crippen LogP contribution in [-0.2, 0) is 19.1 Å². The Balaban J connectivity index is 3.38. The number of esters is 2. The summed E-state index contributed by atoms with van der Waals surface area (Å²) in [6.07, 6.45) is 99.9. The molecule has 0 aromatic carbocycles. The molecule has 0 aliphatic heterocycles. The highest BCUT2D eigenvalue weighted by molar-refractivity contribution is 5.70. The number of hydrogen-bond donors (Lipinski definition) is 1. The summed E-state index contributed by atoms with van der Waals surface area (Å²) in [6, 6.07) is 0. The average molecular weight is 1150 g/mol. The second-order valence-corrected chi connectivity index (χ2v) is 25.0. The van der Waals surface area contributed by atoms with Crippen molar-refractivity contribution < 1.29 is 24.2 Å². The van der Waals surface area contributed by atoms with Gasteiger partial charge in [0.15, 0.2) is 6.10 Å². The van der Waals surface area contributed by atoms with Crippen molar-refractivity contribution in [3.05, 3.63) is 60.8 Å². The molecular weight excluding hydrogens is 1000 g/mol. The SMILES string of the molecule is CCCCCCC/C=C\C/C=C\C/C=C\CCCCCCCCCCCCCCCCCCCCCCCCCCCCC(=O)OC(CO)COC(=O)CCCCCCCCCCCCCCCCC/C=C\C/C=C\CCCCCCC. The Morgan fingerprint density at radius 2 is 0.488 bits per heavy atom. The Morgan fingerprint density at radius 3 is 0.732 bits per heavy atom. The molecule has 0 aliphatic rings. The minimum atomic E-state index is -0.772. The van der Waals surface area contributed by atoms with Gasteiger partial charge in [0, 0.05) is 12.8 Å². The van der Waals surface area contributed by atoms with E-state index in [0.717, 1.165) is 57.8 Å². The Morgan fingerprint density at radius 1 is 0.280 bits per heavy atom. The Hall–Kier alpha value is -2.40. The van der Waals surface area contributed by atoms with Crippen LogP contribution in [0.1, 0.15) is 399 Å². The number of aliphatic hydroxyl groups is 1. The molecule has 5 nitrogen and oxygen atoms in total. The van der Waals surface area contributed by atoms with Crippen LogP contribution in [0, 0.1) is 0 Å². The zero-order valence-electron chi connectivity index (χ0n) is 55.3. The van der Waals surface area contributed by atoms with Crippen molar-refractivity contribution in [2.24, 2.45) is 0 Å². The van der Waals surface area contributed by atoms with E-state index in [2.05, 4.69) is 74.6 Å². The van der Waals surface area contributed by atoms with Gasteiger partial charge in [0.2, 0.25) is 0 Å². The first kappa shape index (κ1) is 79.6. The fourth-order valence-corrected chi connectivity index (χ4v) is 11.2. The Labute approximate surface area is 512 Å². The van der Waals surface area contributed by atoms with Gasteiger partial charge >= 0.3 is 11.9 Å². The third kappa shape index (κ3) is 70.1. The maximum Gasteiger partial charge on any atom is 0.306 e. The molecule has 480 valence electrons. The molecule has 0 amide bonds. The molecule has 1 atom stereocenters. The van der Waals surface area contributed by atoms with Crippen LogP contribution in [-0.4, -0.2) is 36.4 Å². The van der Waals surface area contributed by atoms with Crippen molar-refractivity contribution in [1.82, 2.24) is 0 Å². The van der Waals surface area contributed by atoms with Crippen LogP contribution < -0.4 is 0 Å². The summed E-state index contributed by atoms with van der Waals surface area (Å²) in [5, 5.41) is 9.71. The number of carbonyl (C=O) groups excluding carboxylic acids is 2. The highest BCUT2D eigenvalue weighted by Crippen LogP contribution is 2.19. The molecule has 0 aromatic rings. The van der Waals surface area contributed by atoms with E-state index in [9.17, 15) is 14.7 Å². The number of allylic oxidation sites excluding steroid dienone is 10. The number of aliphatic hydroxyl groups excluding tert-OH is 1. The van der Waals surface area contributed by atoms with E-state index in [1.165, 1.54) is 315 Å². The fourth-order valence-electron chi connectivity index (χ4n) is 11.2. The molecule has 0 aliphatic carbocycles. The molecular formula is C77H142O5.